The van der Waals surface area contributed by atoms with E-state index in [0.717, 1.165) is 11.4 Å². The number of pyridine rings is 2. The number of fused-ring (bicyclic) bond motifs is 1. The fraction of sp³-hybridized carbons (Fsp3) is 0.318. The number of carbonyl (C=O) groups excluding carboxylic acids is 1. The highest BCUT2D eigenvalue weighted by Gasteiger charge is 2.30. The average Bonchev–Trinajstić information content (AvgIpc) is 2.83. The molecule has 35 heavy (non-hydrogen) atoms. The number of hydrogen-bond acceptors (Lipinski definition) is 10. The molecule has 2 N–H and O–H groups in total. The molecule has 0 radical (unpaired) electrons. The fourth-order valence-corrected chi connectivity index (χ4v) is 5.60. The van der Waals surface area contributed by atoms with Crippen molar-refractivity contribution in [3.05, 3.63) is 59.9 Å². The number of aromatic nitrogens is 2. The van der Waals surface area contributed by atoms with Crippen molar-refractivity contribution >= 4 is 42.8 Å². The van der Waals surface area contributed by atoms with Gasteiger partial charge in [0.2, 0.25) is 15.8 Å². The molecule has 2 aromatic heterocycles. The largest absolute Gasteiger partial charge is 0.464 e. The summed E-state index contributed by atoms with van der Waals surface area (Å²) in [7, 11) is -5.71. The highest BCUT2D eigenvalue weighted by Crippen LogP contribution is 2.35. The molecule has 11 nitrogen and oxygen atoms in total. The van der Waals surface area contributed by atoms with Crippen molar-refractivity contribution in [3.8, 4) is 5.75 Å². The first-order chi connectivity index (χ1) is 16.6. The van der Waals surface area contributed by atoms with Gasteiger partial charge in [-0.15, -0.1) is 0 Å². The predicted octanol–water partition coefficient (Wildman–Crippen LogP) is 1.83. The summed E-state index contributed by atoms with van der Waals surface area (Å²) >= 11 is 0. The first kappa shape index (κ1) is 26.3. The molecule has 0 fully saturated rings. The Morgan fingerprint density at radius 2 is 1.77 bits per heavy atom. The third kappa shape index (κ3) is 6.24. The van der Waals surface area contributed by atoms with Crippen molar-refractivity contribution < 1.29 is 30.6 Å². The molecule has 0 aliphatic carbocycles. The van der Waals surface area contributed by atoms with E-state index in [1.54, 1.807) is 30.3 Å². The molecule has 0 saturated carbocycles. The Balaban J connectivity index is 2.14. The minimum Gasteiger partial charge on any atom is -0.464 e. The van der Waals surface area contributed by atoms with E-state index < -0.39 is 43.3 Å². The van der Waals surface area contributed by atoms with E-state index in [-0.39, 0.29) is 22.5 Å². The van der Waals surface area contributed by atoms with Crippen molar-refractivity contribution in [1.82, 2.24) is 9.97 Å². The molecule has 1 aromatic carbocycles. The smallest absolute Gasteiger partial charge is 0.360 e. The monoisotopic (exact) mass is 522 g/mol. The van der Waals surface area contributed by atoms with E-state index in [2.05, 4.69) is 9.97 Å². The number of unbranched alkanes of at least 4 members (excludes halogenated alkanes) is 1. The molecule has 0 spiro atoms. The van der Waals surface area contributed by atoms with Crippen LogP contribution in [-0.4, -0.2) is 59.2 Å². The van der Waals surface area contributed by atoms with Crippen molar-refractivity contribution in [2.75, 3.05) is 30.8 Å². The zero-order valence-corrected chi connectivity index (χ0v) is 20.9. The molecule has 0 atom stereocenters. The van der Waals surface area contributed by atoms with Crippen LogP contribution in [0.15, 0.2) is 48.7 Å². The van der Waals surface area contributed by atoms with Crippen LogP contribution in [0.3, 0.4) is 0 Å². The molecule has 0 saturated heterocycles. The van der Waals surface area contributed by atoms with Crippen LogP contribution < -0.4 is 14.2 Å². The summed E-state index contributed by atoms with van der Waals surface area (Å²) in [4.78, 5) is 20.9. The number of methoxy groups -OCH3 is 1. The lowest BCUT2D eigenvalue weighted by atomic mass is 10.2. The van der Waals surface area contributed by atoms with Crippen LogP contribution in [0.5, 0.6) is 5.75 Å². The molecule has 3 rings (SSSR count). The Morgan fingerprint density at radius 3 is 2.43 bits per heavy atom. The van der Waals surface area contributed by atoms with Gasteiger partial charge in [-0.25, -0.2) is 18.2 Å². The molecular formula is C22H26N4O7S2. The SMILES string of the molecule is COC(=O)c1nc(N(C)S(=O)(=O)CCCCN)c2cccnc2c1OS(=O)(=O)Cc1ccccc1. The van der Waals surface area contributed by atoms with Gasteiger partial charge in [0.15, 0.2) is 11.5 Å². The first-order valence-corrected chi connectivity index (χ1v) is 13.8. The highest BCUT2D eigenvalue weighted by molar-refractivity contribution is 7.92. The zero-order chi connectivity index (χ0) is 25.6. The van der Waals surface area contributed by atoms with Crippen molar-refractivity contribution in [2.24, 2.45) is 5.73 Å². The maximum atomic E-state index is 12.9. The van der Waals surface area contributed by atoms with E-state index in [9.17, 15) is 21.6 Å². The van der Waals surface area contributed by atoms with Crippen molar-refractivity contribution in [2.45, 2.75) is 18.6 Å². The number of esters is 1. The molecule has 0 bridgehead atoms. The number of ether oxygens (including phenoxy) is 1. The fourth-order valence-electron chi connectivity index (χ4n) is 3.28. The molecule has 0 aliphatic rings. The number of sulfonamides is 1. The van der Waals surface area contributed by atoms with E-state index in [1.807, 2.05) is 0 Å². The molecule has 13 heteroatoms. The molecule has 188 valence electrons. The van der Waals surface area contributed by atoms with Gasteiger partial charge in [-0.1, -0.05) is 30.3 Å². The Morgan fingerprint density at radius 1 is 1.06 bits per heavy atom. The van der Waals surface area contributed by atoms with E-state index >= 15 is 0 Å². The van der Waals surface area contributed by atoms with Gasteiger partial charge >= 0.3 is 16.1 Å². The van der Waals surface area contributed by atoms with Crippen LogP contribution in [0.4, 0.5) is 5.82 Å². The minimum atomic E-state index is -4.25. The van der Waals surface area contributed by atoms with Crippen LogP contribution in [0.25, 0.3) is 10.9 Å². The number of nitrogens with two attached hydrogens (primary N) is 1. The third-order valence-electron chi connectivity index (χ3n) is 5.04. The van der Waals surface area contributed by atoms with Crippen LogP contribution in [0.2, 0.25) is 0 Å². The van der Waals surface area contributed by atoms with Crippen molar-refractivity contribution in [3.63, 3.8) is 0 Å². The van der Waals surface area contributed by atoms with Gasteiger partial charge < -0.3 is 14.7 Å². The normalized spacial score (nSPS) is 11.9. The molecule has 0 unspecified atom stereocenters. The first-order valence-electron chi connectivity index (χ1n) is 10.6. The lowest BCUT2D eigenvalue weighted by molar-refractivity contribution is 0.0592. The summed E-state index contributed by atoms with van der Waals surface area (Å²) in [5.41, 5.74) is 5.35. The second kappa shape index (κ2) is 11.0. The Bertz CT molecular complexity index is 1410. The number of anilines is 1. The number of carbonyl (C=O) groups is 1. The number of rotatable bonds is 11. The quantitative estimate of drug-likeness (QED) is 0.224. The zero-order valence-electron chi connectivity index (χ0n) is 19.2. The number of benzene rings is 1. The molecule has 0 amide bonds. The number of hydrogen-bond donors (Lipinski definition) is 1. The highest BCUT2D eigenvalue weighted by atomic mass is 32.2. The Labute approximate surface area is 204 Å². The van der Waals surface area contributed by atoms with Gasteiger partial charge in [0.1, 0.15) is 11.3 Å². The summed E-state index contributed by atoms with van der Waals surface area (Å²) in [5, 5.41) is 0.176. The standard InChI is InChI=1S/C22H26N4O7S2/c1-26(34(28,29)14-7-6-12-23)21-17-11-8-13-24-18(17)20(19(25-21)22(27)32-2)33-35(30,31)15-16-9-4-3-5-10-16/h3-5,8-11,13H,6-7,12,14-15,23H2,1-2H3. The van der Waals surface area contributed by atoms with E-state index in [1.165, 1.54) is 25.4 Å². The third-order valence-corrected chi connectivity index (χ3v) is 7.96. The van der Waals surface area contributed by atoms with Gasteiger partial charge in [0, 0.05) is 18.6 Å². The molecular weight excluding hydrogens is 496 g/mol. The van der Waals surface area contributed by atoms with Crippen LogP contribution in [-0.2, 0) is 30.6 Å². The summed E-state index contributed by atoms with van der Waals surface area (Å²) in [5.74, 6) is -2.24. The van der Waals surface area contributed by atoms with Gasteiger partial charge in [-0.05, 0) is 37.1 Å². The van der Waals surface area contributed by atoms with Crippen LogP contribution in [0, 0.1) is 0 Å². The van der Waals surface area contributed by atoms with Crippen LogP contribution >= 0.6 is 0 Å². The summed E-state index contributed by atoms with van der Waals surface area (Å²) < 4.78 is 62.5. The predicted molar refractivity (Wildman–Crippen MR) is 131 cm³/mol. The molecule has 3 aromatic rings. The second-order valence-corrected chi connectivity index (χ2v) is 11.2. The van der Waals surface area contributed by atoms with Gasteiger partial charge in [-0.3, -0.25) is 9.29 Å². The van der Waals surface area contributed by atoms with Gasteiger partial charge in [-0.2, -0.15) is 8.42 Å². The van der Waals surface area contributed by atoms with E-state index in [4.69, 9.17) is 14.7 Å². The Hall–Kier alpha value is -3.29. The Kier molecular flexibility index (Phi) is 8.25. The number of nitrogens with zero attached hydrogens (tertiary/aromatic N) is 3. The second-order valence-electron chi connectivity index (χ2n) is 7.55. The maximum Gasteiger partial charge on any atom is 0.360 e. The lowest BCUT2D eigenvalue weighted by Crippen LogP contribution is -2.31. The molecule has 0 aliphatic heterocycles. The van der Waals surface area contributed by atoms with Gasteiger partial charge in [0.25, 0.3) is 0 Å². The maximum absolute atomic E-state index is 12.9. The topological polar surface area (TPSA) is 159 Å². The van der Waals surface area contributed by atoms with Crippen LogP contribution in [0.1, 0.15) is 28.9 Å². The summed E-state index contributed by atoms with van der Waals surface area (Å²) in [6.07, 6.45) is 2.21. The average molecular weight is 523 g/mol. The minimum absolute atomic E-state index is 0.0569. The van der Waals surface area contributed by atoms with Crippen molar-refractivity contribution in [1.29, 1.82) is 0 Å². The van der Waals surface area contributed by atoms with E-state index in [0.29, 0.717) is 24.9 Å². The molecule has 2 heterocycles. The lowest BCUT2D eigenvalue weighted by Gasteiger charge is -2.22. The summed E-state index contributed by atoms with van der Waals surface area (Å²) in [6.45, 7) is 0.348. The van der Waals surface area contributed by atoms with Gasteiger partial charge in [0.05, 0.1) is 12.9 Å². The summed E-state index contributed by atoms with van der Waals surface area (Å²) in [6, 6.07) is 11.4.